The maximum atomic E-state index is 14.0. The highest BCUT2D eigenvalue weighted by molar-refractivity contribution is 5.75. The molecule has 6 heteroatoms. The van der Waals surface area contributed by atoms with Crippen molar-refractivity contribution in [3.05, 3.63) is 53.6 Å². The van der Waals surface area contributed by atoms with Gasteiger partial charge in [-0.3, -0.25) is 4.79 Å². The van der Waals surface area contributed by atoms with E-state index < -0.39 is 23.7 Å². The Labute approximate surface area is 113 Å². The summed E-state index contributed by atoms with van der Waals surface area (Å²) in [5.74, 6) is -2.57. The predicted octanol–water partition coefficient (Wildman–Crippen LogP) is 2.40. The first-order valence-corrected chi connectivity index (χ1v) is 6.23. The largest absolute Gasteiger partial charge is 0.481 e. The quantitative estimate of drug-likeness (QED) is 0.934. The Morgan fingerprint density at radius 2 is 2.25 bits per heavy atom. The summed E-state index contributed by atoms with van der Waals surface area (Å²) in [6, 6.07) is 4.71. The summed E-state index contributed by atoms with van der Waals surface area (Å²) < 4.78 is 28.3. The average Bonchev–Trinajstić information content (AvgIpc) is 3.07. The fraction of sp³-hybridized carbons (Fsp3) is 0.286. The number of hydrogen-bond donors (Lipinski definition) is 1. The minimum absolute atomic E-state index is 0.229. The number of nitrogens with zero attached hydrogens (tertiary/aromatic N) is 2. The molecule has 1 aliphatic rings. The van der Waals surface area contributed by atoms with Crippen molar-refractivity contribution in [3.8, 4) is 0 Å². The fourth-order valence-electron chi connectivity index (χ4n) is 2.41. The maximum Gasteiger partial charge on any atom is 0.307 e. The smallest absolute Gasteiger partial charge is 0.307 e. The van der Waals surface area contributed by atoms with Gasteiger partial charge in [0.25, 0.3) is 0 Å². The van der Waals surface area contributed by atoms with Gasteiger partial charge in [-0.15, -0.1) is 0 Å². The molecule has 0 bridgehead atoms. The molecule has 0 aliphatic heterocycles. The third-order valence-electron chi connectivity index (χ3n) is 3.54. The molecule has 2 unspecified atom stereocenters. The first-order valence-electron chi connectivity index (χ1n) is 6.23. The Bertz CT molecular complexity index is 669. The molecule has 2 atom stereocenters. The number of benzene rings is 1. The number of aliphatic carboxylic acids is 1. The molecule has 0 radical (unpaired) electrons. The number of carboxylic acid groups (broad SMARTS) is 1. The number of rotatable bonds is 4. The average molecular weight is 278 g/mol. The van der Waals surface area contributed by atoms with E-state index >= 15 is 0 Å². The zero-order chi connectivity index (χ0) is 14.3. The lowest BCUT2D eigenvalue weighted by Crippen LogP contribution is -2.02. The third kappa shape index (κ3) is 2.41. The van der Waals surface area contributed by atoms with Crippen molar-refractivity contribution < 1.29 is 18.7 Å². The Morgan fingerprint density at radius 1 is 1.45 bits per heavy atom. The normalized spacial score (nSPS) is 20.9. The molecule has 0 saturated heterocycles. The van der Waals surface area contributed by atoms with Crippen molar-refractivity contribution in [1.82, 2.24) is 9.55 Å². The lowest BCUT2D eigenvalue weighted by atomic mass is 10.1. The van der Waals surface area contributed by atoms with Crippen LogP contribution in [0.1, 0.15) is 23.5 Å². The molecule has 1 heterocycles. The van der Waals surface area contributed by atoms with E-state index in [2.05, 4.69) is 4.98 Å². The molecule has 3 rings (SSSR count). The second kappa shape index (κ2) is 4.70. The van der Waals surface area contributed by atoms with Gasteiger partial charge in [0.05, 0.1) is 18.4 Å². The highest BCUT2D eigenvalue weighted by atomic mass is 19.1. The van der Waals surface area contributed by atoms with Gasteiger partial charge < -0.3 is 9.67 Å². The molecule has 2 aromatic rings. The monoisotopic (exact) mass is 278 g/mol. The van der Waals surface area contributed by atoms with Gasteiger partial charge in [0.15, 0.2) is 0 Å². The van der Waals surface area contributed by atoms with Crippen molar-refractivity contribution in [3.63, 3.8) is 0 Å². The van der Waals surface area contributed by atoms with E-state index in [9.17, 15) is 13.6 Å². The van der Waals surface area contributed by atoms with E-state index in [4.69, 9.17) is 5.11 Å². The highest BCUT2D eigenvalue weighted by Gasteiger charge is 2.45. The van der Waals surface area contributed by atoms with Crippen molar-refractivity contribution in [2.75, 3.05) is 0 Å². The summed E-state index contributed by atoms with van der Waals surface area (Å²) in [4.78, 5) is 14.3. The summed E-state index contributed by atoms with van der Waals surface area (Å²) in [5.41, 5.74) is 1.12. The van der Waals surface area contributed by atoms with Gasteiger partial charge in [0, 0.05) is 12.5 Å². The SMILES string of the molecule is O=C(O)C1CC1c1ccc(Cn2cnc(F)c2)cc1F. The van der Waals surface area contributed by atoms with Gasteiger partial charge in [-0.1, -0.05) is 12.1 Å². The predicted molar refractivity (Wildman–Crippen MR) is 66.2 cm³/mol. The van der Waals surface area contributed by atoms with Crippen LogP contribution in [-0.2, 0) is 11.3 Å². The van der Waals surface area contributed by atoms with Gasteiger partial charge in [-0.05, 0) is 23.6 Å². The molecule has 1 aromatic carbocycles. The van der Waals surface area contributed by atoms with Crippen molar-refractivity contribution in [2.45, 2.75) is 18.9 Å². The summed E-state index contributed by atoms with van der Waals surface area (Å²) in [5, 5.41) is 8.86. The summed E-state index contributed by atoms with van der Waals surface area (Å²) in [7, 11) is 0. The highest BCUT2D eigenvalue weighted by Crippen LogP contribution is 2.48. The molecule has 0 amide bonds. The Morgan fingerprint density at radius 3 is 2.80 bits per heavy atom. The van der Waals surface area contributed by atoms with Crippen LogP contribution in [0.3, 0.4) is 0 Å². The minimum atomic E-state index is -0.882. The molecule has 1 saturated carbocycles. The van der Waals surface area contributed by atoms with Crippen LogP contribution in [0, 0.1) is 17.7 Å². The van der Waals surface area contributed by atoms with Crippen LogP contribution in [0.5, 0.6) is 0 Å². The first-order chi connectivity index (χ1) is 9.54. The zero-order valence-corrected chi connectivity index (χ0v) is 10.5. The van der Waals surface area contributed by atoms with Gasteiger partial charge >= 0.3 is 5.97 Å². The lowest BCUT2D eigenvalue weighted by molar-refractivity contribution is -0.138. The second-order valence-corrected chi connectivity index (χ2v) is 5.01. The molecule has 1 N–H and O–H groups in total. The Balaban J connectivity index is 1.76. The minimum Gasteiger partial charge on any atom is -0.481 e. The van der Waals surface area contributed by atoms with Crippen LogP contribution in [0.25, 0.3) is 0 Å². The molecular weight excluding hydrogens is 266 g/mol. The molecule has 104 valence electrons. The maximum absolute atomic E-state index is 14.0. The van der Waals surface area contributed by atoms with E-state index in [-0.39, 0.29) is 5.92 Å². The molecule has 20 heavy (non-hydrogen) atoms. The van der Waals surface area contributed by atoms with Crippen molar-refractivity contribution in [2.24, 2.45) is 5.92 Å². The molecular formula is C14H12F2N2O2. The van der Waals surface area contributed by atoms with Crippen LogP contribution in [0.2, 0.25) is 0 Å². The van der Waals surface area contributed by atoms with Gasteiger partial charge in [0.2, 0.25) is 5.95 Å². The van der Waals surface area contributed by atoms with Crippen LogP contribution in [0.15, 0.2) is 30.7 Å². The molecule has 1 fully saturated rings. The molecule has 1 aliphatic carbocycles. The van der Waals surface area contributed by atoms with Crippen LogP contribution in [-0.4, -0.2) is 20.6 Å². The van der Waals surface area contributed by atoms with E-state index in [1.54, 1.807) is 12.1 Å². The van der Waals surface area contributed by atoms with Crippen LogP contribution >= 0.6 is 0 Å². The van der Waals surface area contributed by atoms with Crippen LogP contribution < -0.4 is 0 Å². The molecule has 4 nitrogen and oxygen atoms in total. The third-order valence-corrected chi connectivity index (χ3v) is 3.54. The zero-order valence-electron chi connectivity index (χ0n) is 10.5. The summed E-state index contributed by atoms with van der Waals surface area (Å²) in [6.07, 6.45) is 3.05. The lowest BCUT2D eigenvalue weighted by Gasteiger charge is -2.06. The number of halogens is 2. The number of carboxylic acids is 1. The second-order valence-electron chi connectivity index (χ2n) is 5.01. The Kier molecular flexibility index (Phi) is 3.00. The molecule has 0 spiro atoms. The van der Waals surface area contributed by atoms with Gasteiger partial charge in [0.1, 0.15) is 5.82 Å². The number of aromatic nitrogens is 2. The standard InChI is InChI=1S/C14H12F2N2O2/c15-12-3-8(5-18-6-13(16)17-7-18)1-2-9(12)10-4-11(10)14(19)20/h1-3,6-7,10-11H,4-5H2,(H,19,20). The van der Waals surface area contributed by atoms with E-state index in [1.807, 2.05) is 0 Å². The number of hydrogen-bond acceptors (Lipinski definition) is 2. The van der Waals surface area contributed by atoms with E-state index in [1.165, 1.54) is 23.2 Å². The molecule has 1 aromatic heterocycles. The summed E-state index contributed by atoms with van der Waals surface area (Å²) in [6.45, 7) is 0.321. The Hall–Kier alpha value is -2.24. The number of imidazole rings is 1. The van der Waals surface area contributed by atoms with Gasteiger partial charge in [-0.2, -0.15) is 4.39 Å². The van der Waals surface area contributed by atoms with E-state index in [0.29, 0.717) is 24.1 Å². The summed E-state index contributed by atoms with van der Waals surface area (Å²) >= 11 is 0. The first kappa shape index (κ1) is 12.8. The van der Waals surface area contributed by atoms with E-state index in [0.717, 1.165) is 0 Å². The number of carbonyl (C=O) groups is 1. The van der Waals surface area contributed by atoms with Crippen molar-refractivity contribution >= 4 is 5.97 Å². The fourth-order valence-corrected chi connectivity index (χ4v) is 2.41. The van der Waals surface area contributed by atoms with Crippen molar-refractivity contribution in [1.29, 1.82) is 0 Å². The van der Waals surface area contributed by atoms with Gasteiger partial charge in [-0.25, -0.2) is 9.37 Å². The van der Waals surface area contributed by atoms with Crippen LogP contribution in [0.4, 0.5) is 8.78 Å². The topological polar surface area (TPSA) is 55.1 Å².